The zero-order valence-electron chi connectivity index (χ0n) is 28.5. The van der Waals surface area contributed by atoms with E-state index in [1.807, 2.05) is 30.3 Å². The van der Waals surface area contributed by atoms with Gasteiger partial charge in [-0.25, -0.2) is 0 Å². The van der Waals surface area contributed by atoms with Crippen LogP contribution in [0.15, 0.2) is 66.7 Å². The van der Waals surface area contributed by atoms with E-state index in [4.69, 9.17) is 11.5 Å². The Bertz CT molecular complexity index is 1590. The van der Waals surface area contributed by atoms with Gasteiger partial charge in [0, 0.05) is 37.1 Å². The van der Waals surface area contributed by atoms with Crippen molar-refractivity contribution >= 4 is 41.4 Å². The quantitative estimate of drug-likeness (QED) is 0.205. The molecule has 14 nitrogen and oxygen atoms in total. The smallest absolute Gasteiger partial charge is 0.248 e. The van der Waals surface area contributed by atoms with E-state index in [1.165, 1.54) is 12.1 Å². The van der Waals surface area contributed by atoms with Gasteiger partial charge in [0.25, 0.3) is 0 Å². The third-order valence-corrected chi connectivity index (χ3v) is 9.17. The molecule has 0 aromatic heterocycles. The zero-order valence-corrected chi connectivity index (χ0v) is 28.5. The summed E-state index contributed by atoms with van der Waals surface area (Å²) in [5, 5.41) is 13.6. The Kier molecular flexibility index (Phi) is 14.3. The Labute approximate surface area is 296 Å². The lowest BCUT2D eigenvalue weighted by atomic mass is 9.84. The fourth-order valence-electron chi connectivity index (χ4n) is 6.36. The van der Waals surface area contributed by atoms with E-state index in [0.29, 0.717) is 12.0 Å². The van der Waals surface area contributed by atoms with Gasteiger partial charge in [-0.3, -0.25) is 33.6 Å². The number of benzene rings is 2. The number of primary amides is 2. The normalized spacial score (nSPS) is 23.9. The molecular formula is C37H47N7O7. The molecule has 9 N–H and O–H groups in total. The molecule has 0 unspecified atom stereocenters. The Hall–Kier alpha value is -5.53. The molecule has 1 fully saturated rings. The summed E-state index contributed by atoms with van der Waals surface area (Å²) < 4.78 is 0. The van der Waals surface area contributed by atoms with E-state index in [2.05, 4.69) is 26.6 Å². The van der Waals surface area contributed by atoms with Gasteiger partial charge in [-0.05, 0) is 48.4 Å². The van der Waals surface area contributed by atoms with Gasteiger partial charge in [0.2, 0.25) is 41.4 Å². The minimum absolute atomic E-state index is 0.0363. The van der Waals surface area contributed by atoms with Gasteiger partial charge in [0.15, 0.2) is 0 Å². The first-order valence-corrected chi connectivity index (χ1v) is 17.4. The van der Waals surface area contributed by atoms with Gasteiger partial charge < -0.3 is 38.1 Å². The maximum absolute atomic E-state index is 14.0. The maximum Gasteiger partial charge on any atom is 0.248 e. The molecule has 14 heteroatoms. The first-order valence-electron chi connectivity index (χ1n) is 17.4. The summed E-state index contributed by atoms with van der Waals surface area (Å²) >= 11 is 0. The van der Waals surface area contributed by atoms with Crippen molar-refractivity contribution in [3.05, 3.63) is 83.4 Å². The topological polar surface area (TPSA) is 232 Å². The lowest BCUT2D eigenvalue weighted by Crippen LogP contribution is -2.58. The lowest BCUT2D eigenvalue weighted by Gasteiger charge is -2.28. The lowest BCUT2D eigenvalue weighted by molar-refractivity contribution is -0.133. The van der Waals surface area contributed by atoms with Crippen LogP contribution in [-0.4, -0.2) is 72.1 Å². The van der Waals surface area contributed by atoms with Crippen LogP contribution in [0, 0.1) is 5.92 Å². The monoisotopic (exact) mass is 701 g/mol. The summed E-state index contributed by atoms with van der Waals surface area (Å²) in [6.45, 7) is 0.0801. The van der Waals surface area contributed by atoms with Crippen molar-refractivity contribution in [1.82, 2.24) is 26.6 Å². The van der Waals surface area contributed by atoms with Gasteiger partial charge in [-0.2, -0.15) is 0 Å². The molecule has 4 rings (SSSR count). The molecule has 1 aliphatic carbocycles. The van der Waals surface area contributed by atoms with Gasteiger partial charge in [0.05, 0.1) is 0 Å². The summed E-state index contributed by atoms with van der Waals surface area (Å²) in [7, 11) is 0. The molecule has 4 atom stereocenters. The molecule has 2 aliphatic rings. The van der Waals surface area contributed by atoms with Crippen LogP contribution in [0.5, 0.6) is 0 Å². The average Bonchev–Trinajstić information content (AvgIpc) is 3.11. The SMILES string of the molecule is NC(=O)c1ccc(C[C@@H]2NC(=O)[C@H](Cc3ccccc3)NC(=O)[C@H](CC3CCCCC3)NC(=O)/C=C/C(=O)N[C@H](C(N)=O)CCCNC2=O)cc1. The van der Waals surface area contributed by atoms with Gasteiger partial charge >= 0.3 is 0 Å². The van der Waals surface area contributed by atoms with Gasteiger partial charge in [0.1, 0.15) is 24.2 Å². The maximum atomic E-state index is 14.0. The van der Waals surface area contributed by atoms with Crippen LogP contribution in [0.1, 0.15) is 72.9 Å². The molecule has 51 heavy (non-hydrogen) atoms. The summed E-state index contributed by atoms with van der Waals surface area (Å²) in [4.78, 5) is 90.9. The van der Waals surface area contributed by atoms with Crippen molar-refractivity contribution in [1.29, 1.82) is 0 Å². The van der Waals surface area contributed by atoms with Crippen LogP contribution in [0.4, 0.5) is 0 Å². The fourth-order valence-corrected chi connectivity index (χ4v) is 6.36. The number of carbonyl (C=O) groups excluding carboxylic acids is 7. The van der Waals surface area contributed by atoms with Crippen LogP contribution in [0.3, 0.4) is 0 Å². The second kappa shape index (κ2) is 19.0. The highest BCUT2D eigenvalue weighted by Crippen LogP contribution is 2.27. The van der Waals surface area contributed by atoms with Crippen molar-refractivity contribution in [3.8, 4) is 0 Å². The molecule has 1 aliphatic heterocycles. The van der Waals surface area contributed by atoms with Crippen LogP contribution in [0.25, 0.3) is 0 Å². The van der Waals surface area contributed by atoms with Crippen LogP contribution in [0.2, 0.25) is 0 Å². The molecule has 272 valence electrons. The van der Waals surface area contributed by atoms with Crippen LogP contribution < -0.4 is 38.1 Å². The number of rotatable bonds is 8. The largest absolute Gasteiger partial charge is 0.368 e. The second-order valence-electron chi connectivity index (χ2n) is 13.1. The predicted octanol–water partition coefficient (Wildman–Crippen LogP) is 0.432. The molecule has 2 aromatic rings. The predicted molar refractivity (Wildman–Crippen MR) is 188 cm³/mol. The third-order valence-electron chi connectivity index (χ3n) is 9.17. The number of hydrogen-bond donors (Lipinski definition) is 7. The van der Waals surface area contributed by atoms with Crippen molar-refractivity contribution in [2.45, 2.75) is 88.4 Å². The Morgan fingerprint density at radius 3 is 1.78 bits per heavy atom. The summed E-state index contributed by atoms with van der Waals surface area (Å²) in [6, 6.07) is 11.0. The highest BCUT2D eigenvalue weighted by molar-refractivity contribution is 6.00. The average molecular weight is 702 g/mol. The van der Waals surface area contributed by atoms with E-state index in [1.54, 1.807) is 12.1 Å². The molecule has 1 saturated carbocycles. The van der Waals surface area contributed by atoms with Crippen molar-refractivity contribution < 1.29 is 33.6 Å². The molecule has 0 saturated heterocycles. The number of hydrogen-bond acceptors (Lipinski definition) is 7. The molecule has 1 heterocycles. The minimum Gasteiger partial charge on any atom is -0.368 e. The summed E-state index contributed by atoms with van der Waals surface area (Å²) in [6.07, 6.45) is 7.61. The van der Waals surface area contributed by atoms with E-state index in [0.717, 1.165) is 49.8 Å². The van der Waals surface area contributed by atoms with E-state index in [-0.39, 0.29) is 43.7 Å². The molecule has 2 aromatic carbocycles. The molecule has 7 amide bonds. The number of nitrogens with two attached hydrogens (primary N) is 2. The summed E-state index contributed by atoms with van der Waals surface area (Å²) in [5.41, 5.74) is 12.5. The van der Waals surface area contributed by atoms with E-state index < -0.39 is 65.5 Å². The number of amides is 7. The Morgan fingerprint density at radius 1 is 0.608 bits per heavy atom. The van der Waals surface area contributed by atoms with Crippen molar-refractivity contribution in [2.75, 3.05) is 6.54 Å². The first-order chi connectivity index (χ1) is 24.5. The van der Waals surface area contributed by atoms with Crippen LogP contribution >= 0.6 is 0 Å². The molecule has 0 radical (unpaired) electrons. The minimum atomic E-state index is -1.13. The van der Waals surface area contributed by atoms with Gasteiger partial charge in [-0.1, -0.05) is 74.6 Å². The van der Waals surface area contributed by atoms with Crippen LogP contribution in [-0.2, 0) is 41.6 Å². The fraction of sp³-hybridized carbons (Fsp3) is 0.432. The van der Waals surface area contributed by atoms with E-state index in [9.17, 15) is 33.6 Å². The number of nitrogens with one attached hydrogen (secondary N) is 5. The van der Waals surface area contributed by atoms with Crippen molar-refractivity contribution in [3.63, 3.8) is 0 Å². The second-order valence-corrected chi connectivity index (χ2v) is 13.1. The first kappa shape index (κ1) is 38.3. The Balaban J connectivity index is 1.66. The van der Waals surface area contributed by atoms with E-state index >= 15 is 0 Å². The standard InChI is InChI=1S/C37H47N7O7/c38-33(47)26-15-13-25(14-16-26)22-28-35(49)40-19-7-12-27(34(39)48)41-31(45)17-18-32(46)42-29(20-23-8-3-1-4-9-23)36(50)44-30(37(51)43-28)21-24-10-5-2-6-11-24/h2,5-6,10-11,13-18,23,27-30H,1,3-4,7-9,12,19-22H2,(H2,38,47)(H2,39,48)(H,40,49)(H,41,45)(H,42,46)(H,43,51)(H,44,50)/b18-17+/t27-,28-,29-,30-/m0/s1. The Morgan fingerprint density at radius 2 is 1.18 bits per heavy atom. The third kappa shape index (κ3) is 12.4. The van der Waals surface area contributed by atoms with Crippen molar-refractivity contribution in [2.24, 2.45) is 17.4 Å². The molecule has 0 spiro atoms. The number of carbonyl (C=O) groups is 7. The summed E-state index contributed by atoms with van der Waals surface area (Å²) in [5.74, 6) is -4.41. The molecular weight excluding hydrogens is 654 g/mol. The molecule has 0 bridgehead atoms. The highest BCUT2D eigenvalue weighted by Gasteiger charge is 2.32. The zero-order chi connectivity index (χ0) is 36.8. The highest BCUT2D eigenvalue weighted by atomic mass is 16.2. The van der Waals surface area contributed by atoms with Gasteiger partial charge in [-0.15, -0.1) is 0 Å².